The van der Waals surface area contributed by atoms with Crippen LogP contribution in [0, 0.1) is 35.0 Å². The molecule has 5 rings (SSSR count). The van der Waals surface area contributed by atoms with Gasteiger partial charge in [0.1, 0.15) is 5.60 Å². The van der Waals surface area contributed by atoms with Gasteiger partial charge in [0.15, 0.2) is 5.79 Å². The predicted octanol–water partition coefficient (Wildman–Crippen LogP) is 3.88. The van der Waals surface area contributed by atoms with Crippen molar-refractivity contribution >= 4 is 0 Å². The van der Waals surface area contributed by atoms with Crippen molar-refractivity contribution in [3.8, 4) is 11.8 Å². The molecule has 33 heavy (non-hydrogen) atoms. The zero-order valence-corrected chi connectivity index (χ0v) is 21.1. The summed E-state index contributed by atoms with van der Waals surface area (Å²) in [5.41, 5.74) is 0.971. The molecule has 4 fully saturated rings. The van der Waals surface area contributed by atoms with E-state index < -0.39 is 17.0 Å². The van der Waals surface area contributed by atoms with Gasteiger partial charge in [-0.15, -0.1) is 5.92 Å². The summed E-state index contributed by atoms with van der Waals surface area (Å²) >= 11 is 0. The Morgan fingerprint density at radius 2 is 1.85 bits per heavy atom. The summed E-state index contributed by atoms with van der Waals surface area (Å²) < 4.78 is 12.1. The number of ether oxygens (including phenoxy) is 2. The van der Waals surface area contributed by atoms with Crippen LogP contribution < -0.4 is 0 Å². The molecule has 1 saturated heterocycles. The SMILES string of the molecule is CC#C[C@]1(O)CC[C@H]2[C@@H]3CC[C@@]4(O)CC5(CCC4=C3[C@@H](CCCN(C)C)C[C@@]21C)OCCO5. The van der Waals surface area contributed by atoms with Crippen LogP contribution in [0.15, 0.2) is 11.1 Å². The molecule has 4 aliphatic carbocycles. The molecule has 5 heteroatoms. The molecular formula is C28H43NO4. The number of hydrogen-bond acceptors (Lipinski definition) is 5. The van der Waals surface area contributed by atoms with E-state index in [0.29, 0.717) is 37.4 Å². The lowest BCUT2D eigenvalue weighted by Crippen LogP contribution is -2.55. The fraction of sp³-hybridized carbons (Fsp3) is 0.857. The molecule has 1 aliphatic heterocycles. The van der Waals surface area contributed by atoms with Gasteiger partial charge in [-0.25, -0.2) is 0 Å². The second-order valence-corrected chi connectivity index (χ2v) is 12.0. The molecular weight excluding hydrogens is 414 g/mol. The summed E-state index contributed by atoms with van der Waals surface area (Å²) in [5, 5.41) is 23.7. The zero-order valence-electron chi connectivity index (χ0n) is 21.1. The Balaban J connectivity index is 1.53. The first-order valence-corrected chi connectivity index (χ1v) is 13.2. The van der Waals surface area contributed by atoms with Crippen LogP contribution in [-0.4, -0.2) is 66.0 Å². The summed E-state index contributed by atoms with van der Waals surface area (Å²) in [6.45, 7) is 6.50. The Morgan fingerprint density at radius 1 is 1.09 bits per heavy atom. The molecule has 5 nitrogen and oxygen atoms in total. The normalized spacial score (nSPS) is 43.8. The smallest absolute Gasteiger partial charge is 0.171 e. The lowest BCUT2D eigenvalue weighted by Gasteiger charge is -2.57. The molecule has 0 amide bonds. The molecule has 1 spiro atoms. The highest BCUT2D eigenvalue weighted by atomic mass is 16.7. The minimum Gasteiger partial charge on any atom is -0.385 e. The standard InChI is InChI=1S/C28H43NO4/c1-5-11-27(31)13-9-22-21-8-12-26(30)19-28(32-16-17-33-28)14-10-23(26)24(21)20(18-25(22,27)2)7-6-15-29(3)4/h20-22,30-31H,6-10,12-19H2,1-4H3/t20-,21-,22-,25-,26+,27-/m0/s1. The van der Waals surface area contributed by atoms with Gasteiger partial charge in [-0.1, -0.05) is 18.4 Å². The third kappa shape index (κ3) is 3.72. The third-order valence-electron chi connectivity index (χ3n) is 9.98. The summed E-state index contributed by atoms with van der Waals surface area (Å²) in [4.78, 5) is 2.26. The monoisotopic (exact) mass is 457 g/mol. The number of nitrogens with zero attached hydrogens (tertiary/aromatic N) is 1. The number of rotatable bonds is 4. The van der Waals surface area contributed by atoms with E-state index in [1.54, 1.807) is 5.57 Å². The van der Waals surface area contributed by atoms with E-state index in [2.05, 4.69) is 37.8 Å². The van der Waals surface area contributed by atoms with Crippen molar-refractivity contribution in [3.63, 3.8) is 0 Å². The van der Waals surface area contributed by atoms with Crippen molar-refractivity contribution in [1.82, 2.24) is 4.90 Å². The second kappa shape index (κ2) is 8.35. The Morgan fingerprint density at radius 3 is 2.55 bits per heavy atom. The number of allylic oxidation sites excluding steroid dienone is 1. The maximum atomic E-state index is 12.0. The van der Waals surface area contributed by atoms with Crippen LogP contribution in [0.4, 0.5) is 0 Å². The minimum atomic E-state index is -0.891. The molecule has 0 bridgehead atoms. The lowest BCUT2D eigenvalue weighted by atomic mass is 9.50. The maximum absolute atomic E-state index is 12.0. The van der Waals surface area contributed by atoms with Gasteiger partial charge < -0.3 is 24.6 Å². The first-order chi connectivity index (χ1) is 15.7. The van der Waals surface area contributed by atoms with E-state index in [4.69, 9.17) is 9.47 Å². The van der Waals surface area contributed by atoms with Gasteiger partial charge in [-0.05, 0) is 102 Å². The van der Waals surface area contributed by atoms with Crippen LogP contribution in [0.25, 0.3) is 0 Å². The van der Waals surface area contributed by atoms with Gasteiger partial charge >= 0.3 is 0 Å². The fourth-order valence-corrected chi connectivity index (χ4v) is 8.51. The summed E-state index contributed by atoms with van der Waals surface area (Å²) in [6.07, 6.45) is 9.07. The number of aliphatic hydroxyl groups is 2. The molecule has 2 N–H and O–H groups in total. The van der Waals surface area contributed by atoms with Crippen molar-refractivity contribution in [2.24, 2.45) is 23.2 Å². The third-order valence-corrected chi connectivity index (χ3v) is 9.98. The highest BCUT2D eigenvalue weighted by Crippen LogP contribution is 2.66. The van der Waals surface area contributed by atoms with E-state index in [1.165, 1.54) is 5.57 Å². The Labute approximate surface area is 199 Å². The molecule has 6 atom stereocenters. The molecule has 5 aliphatic rings. The molecule has 0 unspecified atom stereocenters. The average Bonchev–Trinajstić information content (AvgIpc) is 3.29. The van der Waals surface area contributed by atoms with Crippen molar-refractivity contribution < 1.29 is 19.7 Å². The van der Waals surface area contributed by atoms with Gasteiger partial charge in [0.05, 0.1) is 18.8 Å². The zero-order chi connectivity index (χ0) is 23.5. The quantitative estimate of drug-likeness (QED) is 0.496. The van der Waals surface area contributed by atoms with Crippen LogP contribution in [0.2, 0.25) is 0 Å². The highest BCUT2D eigenvalue weighted by molar-refractivity contribution is 5.39. The molecule has 3 saturated carbocycles. The van der Waals surface area contributed by atoms with Crippen LogP contribution in [0.3, 0.4) is 0 Å². The maximum Gasteiger partial charge on any atom is 0.171 e. The number of hydrogen-bond donors (Lipinski definition) is 2. The lowest BCUT2D eigenvalue weighted by molar-refractivity contribution is -0.208. The average molecular weight is 458 g/mol. The summed E-state index contributed by atoms with van der Waals surface area (Å²) in [6, 6.07) is 0. The Hall–Kier alpha value is -0.900. The molecule has 0 aromatic rings. The topological polar surface area (TPSA) is 62.2 Å². The second-order valence-electron chi connectivity index (χ2n) is 12.0. The van der Waals surface area contributed by atoms with Gasteiger partial charge in [-0.3, -0.25) is 0 Å². The summed E-state index contributed by atoms with van der Waals surface area (Å²) in [7, 11) is 4.27. The Kier molecular flexibility index (Phi) is 6.03. The van der Waals surface area contributed by atoms with E-state index in [-0.39, 0.29) is 5.41 Å². The van der Waals surface area contributed by atoms with Crippen molar-refractivity contribution in [2.75, 3.05) is 33.9 Å². The molecule has 1 heterocycles. The molecule has 0 aromatic heterocycles. The fourth-order valence-electron chi connectivity index (χ4n) is 8.51. The molecule has 0 radical (unpaired) electrons. The van der Waals surface area contributed by atoms with Crippen LogP contribution >= 0.6 is 0 Å². The van der Waals surface area contributed by atoms with Crippen LogP contribution in [0.5, 0.6) is 0 Å². The minimum absolute atomic E-state index is 0.184. The van der Waals surface area contributed by atoms with Gasteiger partial charge in [0.2, 0.25) is 0 Å². The molecule has 184 valence electrons. The van der Waals surface area contributed by atoms with Gasteiger partial charge in [0, 0.05) is 18.3 Å². The largest absolute Gasteiger partial charge is 0.385 e. The van der Waals surface area contributed by atoms with Crippen molar-refractivity contribution in [3.05, 3.63) is 11.1 Å². The predicted molar refractivity (Wildman–Crippen MR) is 128 cm³/mol. The Bertz CT molecular complexity index is 865. The van der Waals surface area contributed by atoms with Crippen LogP contribution in [-0.2, 0) is 9.47 Å². The van der Waals surface area contributed by atoms with Crippen LogP contribution in [0.1, 0.15) is 78.1 Å². The number of fused-ring (bicyclic) bond motifs is 4. The van der Waals surface area contributed by atoms with Gasteiger partial charge in [-0.2, -0.15) is 0 Å². The molecule has 0 aromatic carbocycles. The van der Waals surface area contributed by atoms with E-state index in [1.807, 2.05) is 6.92 Å². The van der Waals surface area contributed by atoms with Gasteiger partial charge in [0.25, 0.3) is 0 Å². The van der Waals surface area contributed by atoms with E-state index >= 15 is 0 Å². The van der Waals surface area contributed by atoms with Crippen molar-refractivity contribution in [1.29, 1.82) is 0 Å². The highest BCUT2D eigenvalue weighted by Gasteiger charge is 2.64. The van der Waals surface area contributed by atoms with E-state index in [0.717, 1.165) is 64.3 Å². The van der Waals surface area contributed by atoms with E-state index in [9.17, 15) is 10.2 Å². The first kappa shape index (κ1) is 23.8. The first-order valence-electron chi connectivity index (χ1n) is 13.2. The van der Waals surface area contributed by atoms with Crippen molar-refractivity contribution in [2.45, 2.75) is 95.0 Å². The summed E-state index contributed by atoms with van der Waals surface area (Å²) in [5.74, 6) is 7.01.